The van der Waals surface area contributed by atoms with Crippen molar-refractivity contribution in [2.75, 3.05) is 47.6 Å². The van der Waals surface area contributed by atoms with Crippen LogP contribution in [0.4, 0.5) is 0 Å². The molecule has 0 saturated carbocycles. The van der Waals surface area contributed by atoms with Gasteiger partial charge in [-0.15, -0.1) is 0 Å². The molecule has 0 unspecified atom stereocenters. The summed E-state index contributed by atoms with van der Waals surface area (Å²) in [6.07, 6.45) is 0.483. The van der Waals surface area contributed by atoms with E-state index in [1.807, 2.05) is 78.9 Å². The lowest BCUT2D eigenvalue weighted by Crippen LogP contribution is -2.35. The second-order valence-corrected chi connectivity index (χ2v) is 13.7. The number of esters is 1. The van der Waals surface area contributed by atoms with Crippen LogP contribution in [0.15, 0.2) is 121 Å². The molecule has 0 aromatic heterocycles. The van der Waals surface area contributed by atoms with Crippen LogP contribution in [0.3, 0.4) is 0 Å². The van der Waals surface area contributed by atoms with Gasteiger partial charge in [-0.05, 0) is 101 Å². The maximum Gasteiger partial charge on any atom is 0.343 e. The van der Waals surface area contributed by atoms with E-state index >= 15 is 0 Å². The summed E-state index contributed by atoms with van der Waals surface area (Å²) in [5.41, 5.74) is 2.90. The maximum atomic E-state index is 14.2. The minimum atomic E-state index is -0.981. The molecular weight excluding hydrogens is 785 g/mol. The van der Waals surface area contributed by atoms with Gasteiger partial charge >= 0.3 is 5.97 Å². The van der Waals surface area contributed by atoms with Gasteiger partial charge in [0.2, 0.25) is 0 Å². The number of nitrogens with zero attached hydrogens (tertiary/aromatic N) is 1. The quantitative estimate of drug-likeness (QED) is 0.0363. The number of amides is 1. The summed E-state index contributed by atoms with van der Waals surface area (Å²) in [7, 11) is 5.01. The van der Waals surface area contributed by atoms with Crippen molar-refractivity contribution in [1.29, 1.82) is 0 Å². The number of halogens is 1. The van der Waals surface area contributed by atoms with Crippen molar-refractivity contribution in [3.8, 4) is 17.2 Å². The highest BCUT2D eigenvalue weighted by Gasteiger charge is 2.38. The molecule has 9 nitrogen and oxygen atoms in total. The number of carbonyl (C=O) groups excluding carboxylic acids is 2. The monoisotopic (exact) mass is 827 g/mol. The Kier molecular flexibility index (Phi) is 12.8. The summed E-state index contributed by atoms with van der Waals surface area (Å²) < 4.78 is 36.5. The Morgan fingerprint density at radius 3 is 1.89 bits per heavy atom. The minimum Gasteiger partial charge on any atom is -0.497 e. The zero-order valence-corrected chi connectivity index (χ0v) is 32.1. The van der Waals surface area contributed by atoms with E-state index in [2.05, 4.69) is 34.7 Å². The number of carbonyl (C=O) groups is 2. The van der Waals surface area contributed by atoms with Crippen LogP contribution in [0, 0.1) is 3.57 Å². The van der Waals surface area contributed by atoms with Crippen LogP contribution >= 0.6 is 22.6 Å². The van der Waals surface area contributed by atoms with Crippen molar-refractivity contribution in [3.05, 3.63) is 158 Å². The molecule has 1 amide bonds. The summed E-state index contributed by atoms with van der Waals surface area (Å²) in [6, 6.07) is 38.1. The zero-order valence-electron chi connectivity index (χ0n) is 30.0. The van der Waals surface area contributed by atoms with E-state index in [9.17, 15) is 9.59 Å². The van der Waals surface area contributed by atoms with Crippen LogP contribution in [0.2, 0.25) is 0 Å². The Morgan fingerprint density at radius 2 is 1.32 bits per heavy atom. The maximum absolute atomic E-state index is 14.2. The van der Waals surface area contributed by atoms with Gasteiger partial charge in [-0.3, -0.25) is 4.79 Å². The molecule has 1 fully saturated rings. The molecule has 5 aromatic rings. The molecule has 0 atom stereocenters. The number of hydrogen-bond acceptors (Lipinski definition) is 8. The number of hydrogen-bond donors (Lipinski definition) is 0. The van der Waals surface area contributed by atoms with Gasteiger partial charge in [0.05, 0.1) is 50.7 Å². The molecule has 274 valence electrons. The third-order valence-electron chi connectivity index (χ3n) is 9.07. The Morgan fingerprint density at radius 1 is 0.774 bits per heavy atom. The Balaban J connectivity index is 1.27. The smallest absolute Gasteiger partial charge is 0.343 e. The van der Waals surface area contributed by atoms with Crippen LogP contribution in [0.1, 0.15) is 62.1 Å². The number of ether oxygens (including phenoxy) is 6. The molecule has 0 N–H and O–H groups in total. The fourth-order valence-electron chi connectivity index (χ4n) is 6.36. The van der Waals surface area contributed by atoms with E-state index in [1.54, 1.807) is 56.5 Å². The molecule has 1 aliphatic rings. The Bertz CT molecular complexity index is 1920. The van der Waals surface area contributed by atoms with Crippen LogP contribution in [0.5, 0.6) is 17.2 Å². The second-order valence-electron chi connectivity index (χ2n) is 12.5. The molecule has 1 saturated heterocycles. The normalized spacial score (nSPS) is 13.3. The lowest BCUT2D eigenvalue weighted by molar-refractivity contribution is -0.183. The first kappa shape index (κ1) is 38.0. The van der Waals surface area contributed by atoms with E-state index in [4.69, 9.17) is 28.4 Å². The third kappa shape index (κ3) is 8.73. The first-order chi connectivity index (χ1) is 25.8. The first-order valence-electron chi connectivity index (χ1n) is 17.4. The molecule has 1 heterocycles. The lowest BCUT2D eigenvalue weighted by Gasteiger charge is -2.36. The average Bonchev–Trinajstić information content (AvgIpc) is 3.22. The molecule has 0 radical (unpaired) electrons. The van der Waals surface area contributed by atoms with Crippen LogP contribution in [-0.4, -0.2) is 64.4 Å². The van der Waals surface area contributed by atoms with Crippen molar-refractivity contribution in [2.45, 2.75) is 24.7 Å². The average molecular weight is 828 g/mol. The fourth-order valence-corrected chi connectivity index (χ4v) is 7.01. The van der Waals surface area contributed by atoms with E-state index < -0.39 is 17.9 Å². The summed E-state index contributed by atoms with van der Waals surface area (Å²) >= 11 is 2.16. The van der Waals surface area contributed by atoms with Crippen molar-refractivity contribution in [2.24, 2.45) is 0 Å². The van der Waals surface area contributed by atoms with Crippen molar-refractivity contribution in [3.63, 3.8) is 0 Å². The highest BCUT2D eigenvalue weighted by atomic mass is 127. The van der Waals surface area contributed by atoms with Crippen molar-refractivity contribution in [1.82, 2.24) is 4.90 Å². The zero-order chi connectivity index (χ0) is 37.2. The number of rotatable bonds is 14. The SMILES string of the molecule is COc1ccc(C(OCCCN(C)C(=O)c2cc(I)cc(C3OCCCO3)c2OC(=O)c2ccccc2)(c2ccccc2)c2ccc(OC)cc2)cc1. The van der Waals surface area contributed by atoms with Crippen LogP contribution < -0.4 is 14.2 Å². The minimum absolute atomic E-state index is 0.126. The van der Waals surface area contributed by atoms with Gasteiger partial charge in [0.15, 0.2) is 12.0 Å². The first-order valence-corrected chi connectivity index (χ1v) is 18.5. The van der Waals surface area contributed by atoms with Gasteiger partial charge in [-0.25, -0.2) is 4.79 Å². The van der Waals surface area contributed by atoms with E-state index in [1.165, 1.54) is 0 Å². The summed E-state index contributed by atoms with van der Waals surface area (Å²) in [6.45, 7) is 1.64. The largest absolute Gasteiger partial charge is 0.497 e. The highest BCUT2D eigenvalue weighted by Crippen LogP contribution is 2.42. The van der Waals surface area contributed by atoms with Gasteiger partial charge in [-0.1, -0.05) is 72.8 Å². The Hall–Kier alpha value is -4.75. The van der Waals surface area contributed by atoms with E-state index in [0.29, 0.717) is 43.9 Å². The van der Waals surface area contributed by atoms with Gasteiger partial charge < -0.3 is 33.3 Å². The van der Waals surface area contributed by atoms with Gasteiger partial charge in [-0.2, -0.15) is 0 Å². The summed E-state index contributed by atoms with van der Waals surface area (Å²) in [4.78, 5) is 29.2. The highest BCUT2D eigenvalue weighted by molar-refractivity contribution is 14.1. The van der Waals surface area contributed by atoms with Crippen LogP contribution in [-0.2, 0) is 19.8 Å². The molecule has 0 spiro atoms. The van der Waals surface area contributed by atoms with Crippen LogP contribution in [0.25, 0.3) is 0 Å². The van der Waals surface area contributed by atoms with Gasteiger partial charge in [0.25, 0.3) is 5.91 Å². The Labute approximate surface area is 323 Å². The predicted molar refractivity (Wildman–Crippen MR) is 210 cm³/mol. The standard InChI is InChI=1S/C43H42INO8/c1-45(40(46)37-28-34(44)29-38(42-50-25-11-26-51-42)39(37)53-41(47)30-12-6-4-7-13-30)24-10-27-52-43(31-14-8-5-9-15-31,32-16-20-35(48-2)21-17-32)33-18-22-36(49-3)23-19-33/h4-9,12-23,28-29,42H,10-11,24-27H2,1-3H3. The molecule has 0 aliphatic carbocycles. The topological polar surface area (TPSA) is 92.8 Å². The summed E-state index contributed by atoms with van der Waals surface area (Å²) in [5.74, 6) is 0.709. The molecule has 5 aromatic carbocycles. The van der Waals surface area contributed by atoms with E-state index in [-0.39, 0.29) is 17.2 Å². The second kappa shape index (κ2) is 17.8. The summed E-state index contributed by atoms with van der Waals surface area (Å²) in [5, 5.41) is 0. The molecule has 1 aliphatic heterocycles. The number of benzene rings is 5. The van der Waals surface area contributed by atoms with Gasteiger partial charge in [0.1, 0.15) is 17.1 Å². The lowest BCUT2D eigenvalue weighted by atomic mass is 9.80. The van der Waals surface area contributed by atoms with Crippen molar-refractivity contribution < 1.29 is 38.0 Å². The van der Waals surface area contributed by atoms with Crippen molar-refractivity contribution >= 4 is 34.5 Å². The molecule has 0 bridgehead atoms. The fraction of sp³-hybridized carbons (Fsp3) is 0.256. The molecule has 6 rings (SSSR count). The number of methoxy groups -OCH3 is 2. The third-order valence-corrected chi connectivity index (χ3v) is 9.70. The predicted octanol–water partition coefficient (Wildman–Crippen LogP) is 8.43. The van der Waals surface area contributed by atoms with Gasteiger partial charge in [0, 0.05) is 17.2 Å². The molecule has 53 heavy (non-hydrogen) atoms. The van der Waals surface area contributed by atoms with E-state index in [0.717, 1.165) is 38.2 Å². The molecular formula is C43H42INO8. The molecule has 10 heteroatoms.